The van der Waals surface area contributed by atoms with Gasteiger partial charge >= 0.3 is 0 Å². The van der Waals surface area contributed by atoms with Crippen LogP contribution in [0.1, 0.15) is 258 Å². The highest BCUT2D eigenvalue weighted by atomic mass is 16.3. The SMILES string of the molecule is CCCCCCC/C=C\C/C=C\C/C=C\CCCCCCCCCCCCC(=O)NC(CO)C(O)/C=C/CC/C=C/CCCCCCCCCCCCCCCCC. The molecule has 0 bridgehead atoms. The zero-order valence-electron chi connectivity index (χ0n) is 38.8. The summed E-state index contributed by atoms with van der Waals surface area (Å²) in [5.74, 6) is -0.0777. The third-order valence-electron chi connectivity index (χ3n) is 11.5. The summed E-state index contributed by atoms with van der Waals surface area (Å²) in [6.45, 7) is 4.30. The summed E-state index contributed by atoms with van der Waals surface area (Å²) in [4.78, 5) is 12.4. The second-order valence-electron chi connectivity index (χ2n) is 17.2. The number of hydrogen-bond donors (Lipinski definition) is 3. The molecule has 3 N–H and O–H groups in total. The van der Waals surface area contributed by atoms with E-state index in [-0.39, 0.29) is 12.5 Å². The highest BCUT2D eigenvalue weighted by Gasteiger charge is 2.17. The van der Waals surface area contributed by atoms with Gasteiger partial charge in [0.25, 0.3) is 0 Å². The lowest BCUT2D eigenvalue weighted by Crippen LogP contribution is -2.45. The lowest BCUT2D eigenvalue weighted by Gasteiger charge is -2.19. The average molecular weight is 810 g/mol. The van der Waals surface area contributed by atoms with Gasteiger partial charge in [-0.25, -0.2) is 0 Å². The number of allylic oxidation sites excluding steroid dienone is 9. The second-order valence-corrected chi connectivity index (χ2v) is 17.2. The zero-order chi connectivity index (χ0) is 42.1. The predicted octanol–water partition coefficient (Wildman–Crippen LogP) is 16.5. The fourth-order valence-corrected chi connectivity index (χ4v) is 7.55. The predicted molar refractivity (Wildman–Crippen MR) is 258 cm³/mol. The van der Waals surface area contributed by atoms with Crippen LogP contribution in [0.3, 0.4) is 0 Å². The van der Waals surface area contributed by atoms with E-state index in [2.05, 4.69) is 67.8 Å². The molecule has 1 amide bonds. The molecule has 4 heteroatoms. The van der Waals surface area contributed by atoms with Crippen LogP contribution >= 0.6 is 0 Å². The minimum atomic E-state index is -0.866. The Labute approximate surface area is 362 Å². The van der Waals surface area contributed by atoms with Gasteiger partial charge in [0.05, 0.1) is 18.8 Å². The maximum absolute atomic E-state index is 12.4. The van der Waals surface area contributed by atoms with Crippen LogP contribution in [0.15, 0.2) is 60.8 Å². The first-order valence-electron chi connectivity index (χ1n) is 25.5. The van der Waals surface area contributed by atoms with Crippen molar-refractivity contribution in [2.24, 2.45) is 0 Å². The van der Waals surface area contributed by atoms with Crippen molar-refractivity contribution in [3.05, 3.63) is 60.8 Å². The number of nitrogens with one attached hydrogen (secondary N) is 1. The van der Waals surface area contributed by atoms with E-state index in [1.165, 1.54) is 193 Å². The van der Waals surface area contributed by atoms with Crippen molar-refractivity contribution in [1.82, 2.24) is 5.32 Å². The molecule has 0 heterocycles. The van der Waals surface area contributed by atoms with Crippen molar-refractivity contribution in [3.63, 3.8) is 0 Å². The smallest absolute Gasteiger partial charge is 0.220 e. The van der Waals surface area contributed by atoms with E-state index < -0.39 is 12.1 Å². The van der Waals surface area contributed by atoms with Gasteiger partial charge in [-0.1, -0.05) is 242 Å². The van der Waals surface area contributed by atoms with Crippen molar-refractivity contribution >= 4 is 5.91 Å². The Bertz CT molecular complexity index is 965. The molecule has 0 saturated carbocycles. The molecule has 58 heavy (non-hydrogen) atoms. The van der Waals surface area contributed by atoms with Crippen LogP contribution in [0.25, 0.3) is 0 Å². The first-order chi connectivity index (χ1) is 28.7. The normalized spacial score (nSPS) is 13.4. The average Bonchev–Trinajstić information content (AvgIpc) is 3.23. The number of amides is 1. The Balaban J connectivity index is 3.59. The summed E-state index contributed by atoms with van der Waals surface area (Å²) in [6.07, 6.45) is 69.2. The number of unbranched alkanes of at least 4 members (excludes halogenated alkanes) is 31. The molecule has 338 valence electrons. The molecule has 4 nitrogen and oxygen atoms in total. The maximum Gasteiger partial charge on any atom is 0.220 e. The lowest BCUT2D eigenvalue weighted by atomic mass is 10.0. The molecule has 0 aliphatic carbocycles. The lowest BCUT2D eigenvalue weighted by molar-refractivity contribution is -0.123. The van der Waals surface area contributed by atoms with Gasteiger partial charge in [-0.05, 0) is 70.6 Å². The third kappa shape index (κ3) is 45.2. The van der Waals surface area contributed by atoms with Gasteiger partial charge in [-0.3, -0.25) is 4.79 Å². The quantitative estimate of drug-likeness (QED) is 0.0424. The first kappa shape index (κ1) is 56.1. The van der Waals surface area contributed by atoms with Gasteiger partial charge in [0, 0.05) is 6.42 Å². The Morgan fingerprint density at radius 2 is 0.724 bits per heavy atom. The van der Waals surface area contributed by atoms with Gasteiger partial charge in [0.1, 0.15) is 0 Å². The maximum atomic E-state index is 12.4. The highest BCUT2D eigenvalue weighted by Crippen LogP contribution is 2.15. The van der Waals surface area contributed by atoms with Gasteiger partial charge in [-0.2, -0.15) is 0 Å². The Hall–Kier alpha value is -1.91. The van der Waals surface area contributed by atoms with E-state index >= 15 is 0 Å². The number of carbonyl (C=O) groups excluding carboxylic acids is 1. The van der Waals surface area contributed by atoms with Gasteiger partial charge in [-0.15, -0.1) is 0 Å². The summed E-state index contributed by atoms with van der Waals surface area (Å²) in [5.41, 5.74) is 0. The summed E-state index contributed by atoms with van der Waals surface area (Å²) in [5, 5.41) is 23.1. The van der Waals surface area contributed by atoms with Gasteiger partial charge < -0.3 is 15.5 Å². The van der Waals surface area contributed by atoms with Gasteiger partial charge in [0.15, 0.2) is 0 Å². The fraction of sp³-hybridized carbons (Fsp3) is 0.796. The topological polar surface area (TPSA) is 69.6 Å². The molecule has 2 unspecified atom stereocenters. The van der Waals surface area contributed by atoms with E-state index in [0.717, 1.165) is 44.9 Å². The summed E-state index contributed by atoms with van der Waals surface area (Å²) in [6, 6.07) is -0.644. The number of hydrogen-bond acceptors (Lipinski definition) is 3. The summed E-state index contributed by atoms with van der Waals surface area (Å²) >= 11 is 0. The Morgan fingerprint density at radius 3 is 1.12 bits per heavy atom. The molecule has 0 aromatic rings. The Kier molecular flexibility index (Phi) is 47.8. The zero-order valence-corrected chi connectivity index (χ0v) is 38.8. The van der Waals surface area contributed by atoms with Crippen LogP contribution < -0.4 is 5.32 Å². The van der Waals surface area contributed by atoms with Crippen molar-refractivity contribution in [2.45, 2.75) is 270 Å². The van der Waals surface area contributed by atoms with Crippen LogP contribution in [0.5, 0.6) is 0 Å². The molecule has 0 aliphatic heterocycles. The van der Waals surface area contributed by atoms with Crippen LogP contribution in [-0.4, -0.2) is 34.9 Å². The largest absolute Gasteiger partial charge is 0.394 e. The molecular weight excluding hydrogens is 711 g/mol. The van der Waals surface area contributed by atoms with Crippen LogP contribution in [-0.2, 0) is 4.79 Å². The van der Waals surface area contributed by atoms with E-state index in [0.29, 0.717) is 6.42 Å². The van der Waals surface area contributed by atoms with Crippen LogP contribution in [0.4, 0.5) is 0 Å². The molecule has 0 aromatic carbocycles. The fourth-order valence-electron chi connectivity index (χ4n) is 7.55. The second kappa shape index (κ2) is 49.5. The number of aliphatic hydroxyl groups is 2. The summed E-state index contributed by atoms with van der Waals surface area (Å²) < 4.78 is 0. The van der Waals surface area contributed by atoms with E-state index in [1.807, 2.05) is 6.08 Å². The third-order valence-corrected chi connectivity index (χ3v) is 11.5. The highest BCUT2D eigenvalue weighted by molar-refractivity contribution is 5.76. The molecular formula is C54H99NO3. The monoisotopic (exact) mass is 810 g/mol. The van der Waals surface area contributed by atoms with Crippen molar-refractivity contribution < 1.29 is 15.0 Å². The van der Waals surface area contributed by atoms with Crippen molar-refractivity contribution in [1.29, 1.82) is 0 Å². The standard InChI is InChI=1S/C54H99NO3/c1-3-5-7-9-11-13-15-17-19-21-23-25-26-27-28-30-32-34-36-38-40-42-44-46-48-50-54(58)55-52(51-56)53(57)49-47-45-43-41-39-37-35-33-31-29-24-22-20-18-16-14-12-10-8-6-4-2/h15,17,21,23,26-27,39,41,47,49,52-53,56-57H,3-14,16,18-20,22,24-25,28-38,40,42-46,48,50-51H2,1-2H3,(H,55,58)/b17-15-,23-21-,27-26-,41-39+,49-47+. The first-order valence-corrected chi connectivity index (χ1v) is 25.5. The molecule has 2 atom stereocenters. The van der Waals surface area contributed by atoms with Crippen LogP contribution in [0, 0.1) is 0 Å². The summed E-state index contributed by atoms with van der Waals surface area (Å²) in [7, 11) is 0. The minimum Gasteiger partial charge on any atom is -0.394 e. The van der Waals surface area contributed by atoms with Gasteiger partial charge in [0.2, 0.25) is 5.91 Å². The number of rotatable bonds is 46. The Morgan fingerprint density at radius 1 is 0.414 bits per heavy atom. The minimum absolute atomic E-state index is 0.0777. The molecule has 0 radical (unpaired) electrons. The van der Waals surface area contributed by atoms with Crippen molar-refractivity contribution in [3.8, 4) is 0 Å². The molecule has 0 aromatic heterocycles. The molecule has 0 saturated heterocycles. The number of aliphatic hydroxyl groups excluding tert-OH is 2. The van der Waals surface area contributed by atoms with E-state index in [4.69, 9.17) is 0 Å². The molecule has 0 rings (SSSR count). The van der Waals surface area contributed by atoms with Crippen molar-refractivity contribution in [2.75, 3.05) is 6.61 Å². The molecule has 0 spiro atoms. The molecule has 0 aliphatic rings. The molecule has 0 fully saturated rings. The van der Waals surface area contributed by atoms with E-state index in [1.54, 1.807) is 6.08 Å². The van der Waals surface area contributed by atoms with E-state index in [9.17, 15) is 15.0 Å². The number of carbonyl (C=O) groups is 1. The van der Waals surface area contributed by atoms with Crippen LogP contribution in [0.2, 0.25) is 0 Å².